The van der Waals surface area contributed by atoms with E-state index in [2.05, 4.69) is 0 Å². The molecular formula is C6H12O4. The number of aliphatic carboxylic acids is 1. The Labute approximate surface area is 59.9 Å². The van der Waals surface area contributed by atoms with Crippen LogP contribution in [-0.2, 0) is 14.4 Å². The van der Waals surface area contributed by atoms with Crippen molar-refractivity contribution in [1.29, 1.82) is 0 Å². The first-order valence-electron chi connectivity index (χ1n) is 2.42. The highest BCUT2D eigenvalue weighted by atomic mass is 16.4. The molecule has 10 heavy (non-hydrogen) atoms. The molecule has 60 valence electrons. The molecule has 0 aliphatic rings. The molecule has 0 amide bonds. The van der Waals surface area contributed by atoms with E-state index in [0.29, 0.717) is 0 Å². The zero-order chi connectivity index (χ0) is 9.15. The summed E-state index contributed by atoms with van der Waals surface area (Å²) in [5, 5.41) is 7.42. The van der Waals surface area contributed by atoms with Gasteiger partial charge in [0, 0.05) is 6.92 Å². The minimum Gasteiger partial charge on any atom is -0.481 e. The van der Waals surface area contributed by atoms with Crippen molar-refractivity contribution >= 4 is 18.5 Å². The third kappa shape index (κ3) is 162. The number of hydrogen-bond acceptors (Lipinski definition) is 3. The molecule has 0 aromatic carbocycles. The Morgan fingerprint density at radius 2 is 1.10 bits per heavy atom. The van der Waals surface area contributed by atoms with E-state index < -0.39 is 5.97 Å². The summed E-state index contributed by atoms with van der Waals surface area (Å²) in [4.78, 5) is 26.4. The fourth-order valence-corrected chi connectivity index (χ4v) is 0. The van der Waals surface area contributed by atoms with Gasteiger partial charge >= 0.3 is 0 Å². The van der Waals surface area contributed by atoms with Crippen LogP contribution in [0.15, 0.2) is 0 Å². The van der Waals surface area contributed by atoms with E-state index in [-0.39, 0.29) is 5.78 Å². The Kier molecular flexibility index (Phi) is 24.9. The maximum Gasteiger partial charge on any atom is 0.300 e. The van der Waals surface area contributed by atoms with E-state index in [1.165, 1.54) is 13.8 Å². The van der Waals surface area contributed by atoms with Crippen LogP contribution in [0.4, 0.5) is 0 Å². The van der Waals surface area contributed by atoms with Crippen LogP contribution < -0.4 is 0 Å². The van der Waals surface area contributed by atoms with E-state index in [0.717, 1.165) is 6.92 Å². The summed E-state index contributed by atoms with van der Waals surface area (Å²) in [6.45, 7) is 6.14. The minimum atomic E-state index is -0.833. The van der Waals surface area contributed by atoms with Gasteiger partial charge in [-0.25, -0.2) is 0 Å². The maximum atomic E-state index is 9.44. The molecule has 0 aromatic heterocycles. The molecule has 0 fully saturated rings. The van der Waals surface area contributed by atoms with Gasteiger partial charge < -0.3 is 14.7 Å². The highest BCUT2D eigenvalue weighted by Gasteiger charge is 1.65. The highest BCUT2D eigenvalue weighted by molar-refractivity contribution is 5.72. The molecule has 0 radical (unpaired) electrons. The third-order valence-electron chi connectivity index (χ3n) is 0. The minimum absolute atomic E-state index is 0.167. The van der Waals surface area contributed by atoms with Crippen LogP contribution in [0, 0.1) is 0 Å². The van der Waals surface area contributed by atoms with E-state index >= 15 is 0 Å². The van der Waals surface area contributed by atoms with E-state index in [1.807, 2.05) is 6.79 Å². The number of Topliss-reactive ketones (excluding diaryl/α,β-unsaturated/α-hetero) is 1. The predicted octanol–water partition coefficient (Wildman–Crippen LogP) is 0.501. The third-order valence-corrected chi connectivity index (χ3v) is 0. The smallest absolute Gasteiger partial charge is 0.300 e. The molecule has 0 heterocycles. The van der Waals surface area contributed by atoms with Gasteiger partial charge in [0.25, 0.3) is 5.97 Å². The normalized spacial score (nSPS) is 5.50. The molecule has 0 saturated carbocycles. The molecule has 0 aliphatic heterocycles. The number of hydrogen-bond donors (Lipinski definition) is 1. The number of rotatable bonds is 0. The number of carboxylic acid groups (broad SMARTS) is 1. The van der Waals surface area contributed by atoms with Crippen LogP contribution in [0.1, 0.15) is 20.8 Å². The Hall–Kier alpha value is -1.19. The van der Waals surface area contributed by atoms with Crippen LogP contribution in [0.3, 0.4) is 0 Å². The van der Waals surface area contributed by atoms with Crippen LogP contribution in [0.25, 0.3) is 0 Å². The molecule has 0 aliphatic carbocycles. The number of carboxylic acids is 1. The summed E-state index contributed by atoms with van der Waals surface area (Å²) < 4.78 is 0. The van der Waals surface area contributed by atoms with Crippen molar-refractivity contribution in [3.8, 4) is 0 Å². The van der Waals surface area contributed by atoms with Gasteiger partial charge in [-0.3, -0.25) is 4.79 Å². The maximum absolute atomic E-state index is 9.44. The Balaban J connectivity index is -0.0000000787. The zero-order valence-electron chi connectivity index (χ0n) is 6.38. The lowest BCUT2D eigenvalue weighted by Gasteiger charge is -1.59. The number of ketones is 1. The van der Waals surface area contributed by atoms with Crippen LogP contribution in [0.2, 0.25) is 0 Å². The van der Waals surface area contributed by atoms with Gasteiger partial charge in [-0.2, -0.15) is 0 Å². The lowest BCUT2D eigenvalue weighted by molar-refractivity contribution is -0.134. The van der Waals surface area contributed by atoms with Gasteiger partial charge in [-0.05, 0) is 13.8 Å². The quantitative estimate of drug-likeness (QED) is 0.543. The molecule has 0 rings (SSSR count). The van der Waals surface area contributed by atoms with Gasteiger partial charge in [0.2, 0.25) is 0 Å². The SMILES string of the molecule is C=O.CC(=O)O.CC(C)=O. The van der Waals surface area contributed by atoms with Crippen LogP contribution >= 0.6 is 0 Å². The first-order chi connectivity index (χ1) is 4.46. The van der Waals surface area contributed by atoms with Crippen molar-refractivity contribution in [3.63, 3.8) is 0 Å². The fraction of sp³-hybridized carbons (Fsp3) is 0.500. The van der Waals surface area contributed by atoms with Gasteiger partial charge in [0.15, 0.2) is 0 Å². The second kappa shape index (κ2) is 15.7. The zero-order valence-corrected chi connectivity index (χ0v) is 6.38. The molecule has 0 atom stereocenters. The Morgan fingerprint density at radius 3 is 1.10 bits per heavy atom. The van der Waals surface area contributed by atoms with Crippen molar-refractivity contribution in [2.45, 2.75) is 20.8 Å². The molecule has 1 N–H and O–H groups in total. The fourth-order valence-electron chi connectivity index (χ4n) is 0. The monoisotopic (exact) mass is 148 g/mol. The molecule has 4 nitrogen and oxygen atoms in total. The summed E-state index contributed by atoms with van der Waals surface area (Å²) >= 11 is 0. The average Bonchev–Trinajstić information content (AvgIpc) is 1.66. The van der Waals surface area contributed by atoms with Crippen molar-refractivity contribution < 1.29 is 19.5 Å². The molecular weight excluding hydrogens is 136 g/mol. The molecule has 4 heteroatoms. The summed E-state index contributed by atoms with van der Waals surface area (Å²) in [6.07, 6.45) is 0. The van der Waals surface area contributed by atoms with Gasteiger partial charge in [0.1, 0.15) is 12.6 Å². The standard InChI is InChI=1S/C3H6O.C2H4O2.CH2O/c1-3(2)4;1-2(3)4;1-2/h1-2H3;1H3,(H,3,4);1H2. The van der Waals surface area contributed by atoms with Crippen molar-refractivity contribution in [2.75, 3.05) is 0 Å². The molecule has 0 saturated heterocycles. The summed E-state index contributed by atoms with van der Waals surface area (Å²) in [6, 6.07) is 0. The molecule has 0 aromatic rings. The summed E-state index contributed by atoms with van der Waals surface area (Å²) in [5.41, 5.74) is 0. The number of carbonyl (C=O) groups excluding carboxylic acids is 2. The number of carbonyl (C=O) groups is 3. The van der Waals surface area contributed by atoms with E-state index in [1.54, 1.807) is 0 Å². The van der Waals surface area contributed by atoms with Crippen molar-refractivity contribution in [3.05, 3.63) is 0 Å². The second-order valence-corrected chi connectivity index (χ2v) is 1.43. The first-order valence-corrected chi connectivity index (χ1v) is 2.42. The van der Waals surface area contributed by atoms with Crippen molar-refractivity contribution in [1.82, 2.24) is 0 Å². The first kappa shape index (κ1) is 15.9. The Bertz CT molecular complexity index is 77.9. The predicted molar refractivity (Wildman–Crippen MR) is 36.8 cm³/mol. The molecule has 0 bridgehead atoms. The molecule has 0 unspecified atom stereocenters. The Morgan fingerprint density at radius 1 is 1.10 bits per heavy atom. The average molecular weight is 148 g/mol. The van der Waals surface area contributed by atoms with E-state index in [4.69, 9.17) is 14.7 Å². The van der Waals surface area contributed by atoms with Crippen molar-refractivity contribution in [2.24, 2.45) is 0 Å². The topological polar surface area (TPSA) is 71.4 Å². The van der Waals surface area contributed by atoms with E-state index in [9.17, 15) is 4.79 Å². The van der Waals surface area contributed by atoms with Gasteiger partial charge in [-0.1, -0.05) is 0 Å². The summed E-state index contributed by atoms with van der Waals surface area (Å²) in [7, 11) is 0. The lowest BCUT2D eigenvalue weighted by atomic mass is 10.6. The second-order valence-electron chi connectivity index (χ2n) is 1.43. The highest BCUT2D eigenvalue weighted by Crippen LogP contribution is 1.50. The molecule has 0 spiro atoms. The van der Waals surface area contributed by atoms with Gasteiger partial charge in [0.05, 0.1) is 0 Å². The largest absolute Gasteiger partial charge is 0.481 e. The van der Waals surface area contributed by atoms with Crippen LogP contribution in [-0.4, -0.2) is 23.6 Å². The lowest BCUT2D eigenvalue weighted by Crippen LogP contribution is -1.78. The van der Waals surface area contributed by atoms with Crippen LogP contribution in [0.5, 0.6) is 0 Å². The van der Waals surface area contributed by atoms with Gasteiger partial charge in [-0.15, -0.1) is 0 Å². The summed E-state index contributed by atoms with van der Waals surface area (Å²) in [5.74, 6) is -0.667.